The highest BCUT2D eigenvalue weighted by atomic mass is 16.5. The van der Waals surface area contributed by atoms with E-state index < -0.39 is 0 Å². The van der Waals surface area contributed by atoms with Gasteiger partial charge in [0.2, 0.25) is 0 Å². The minimum atomic E-state index is 0.269. The normalized spacial score (nSPS) is 18.9. The van der Waals surface area contributed by atoms with Crippen LogP contribution in [-0.2, 0) is 17.9 Å². The second kappa shape index (κ2) is 7.16. The van der Waals surface area contributed by atoms with Crippen molar-refractivity contribution in [3.63, 3.8) is 0 Å². The highest BCUT2D eigenvalue weighted by Gasteiger charge is 2.21. The number of ether oxygens (including phenoxy) is 1. The molecule has 0 unspecified atom stereocenters. The van der Waals surface area contributed by atoms with Crippen molar-refractivity contribution in [1.29, 1.82) is 0 Å². The average molecular weight is 322 g/mol. The Morgan fingerprint density at radius 3 is 2.96 bits per heavy atom. The van der Waals surface area contributed by atoms with E-state index in [1.165, 1.54) is 5.39 Å². The Labute approximate surface area is 142 Å². The zero-order valence-corrected chi connectivity index (χ0v) is 13.7. The number of benzene rings is 1. The largest absolute Gasteiger partial charge is 0.460 e. The van der Waals surface area contributed by atoms with E-state index in [1.54, 1.807) is 0 Å². The van der Waals surface area contributed by atoms with Crippen LogP contribution in [0.1, 0.15) is 24.3 Å². The van der Waals surface area contributed by atoms with Gasteiger partial charge in [-0.2, -0.15) is 0 Å². The first kappa shape index (κ1) is 15.4. The molecule has 1 aliphatic rings. The minimum absolute atomic E-state index is 0.269. The molecule has 0 spiro atoms. The van der Waals surface area contributed by atoms with Gasteiger partial charge in [-0.3, -0.25) is 9.88 Å². The molecule has 124 valence electrons. The second-order valence-corrected chi connectivity index (χ2v) is 6.38. The Morgan fingerprint density at radius 2 is 2.08 bits per heavy atom. The molecule has 1 fully saturated rings. The zero-order chi connectivity index (χ0) is 16.2. The van der Waals surface area contributed by atoms with Gasteiger partial charge in [0.1, 0.15) is 11.3 Å². The van der Waals surface area contributed by atoms with Crippen LogP contribution < -0.4 is 0 Å². The Kier molecular flexibility index (Phi) is 4.58. The summed E-state index contributed by atoms with van der Waals surface area (Å²) in [5.41, 5.74) is 1.96. The van der Waals surface area contributed by atoms with Crippen LogP contribution in [0.2, 0.25) is 0 Å². The predicted octanol–water partition coefficient (Wildman–Crippen LogP) is 4.01. The number of para-hydroxylation sites is 1. The molecule has 4 heteroatoms. The first-order valence-corrected chi connectivity index (χ1v) is 8.58. The van der Waals surface area contributed by atoms with Crippen LogP contribution in [0.5, 0.6) is 0 Å². The number of rotatable bonds is 5. The predicted molar refractivity (Wildman–Crippen MR) is 93.5 cm³/mol. The third-order valence-corrected chi connectivity index (χ3v) is 4.51. The van der Waals surface area contributed by atoms with Gasteiger partial charge in [0.15, 0.2) is 0 Å². The molecule has 0 N–H and O–H groups in total. The van der Waals surface area contributed by atoms with Crippen molar-refractivity contribution in [2.45, 2.75) is 32.1 Å². The van der Waals surface area contributed by atoms with Crippen molar-refractivity contribution in [2.24, 2.45) is 0 Å². The van der Waals surface area contributed by atoms with Crippen molar-refractivity contribution in [1.82, 2.24) is 9.88 Å². The Bertz CT molecular complexity index is 751. The van der Waals surface area contributed by atoms with Crippen LogP contribution >= 0.6 is 0 Å². The van der Waals surface area contributed by atoms with E-state index in [9.17, 15) is 0 Å². The second-order valence-electron chi connectivity index (χ2n) is 6.38. The van der Waals surface area contributed by atoms with E-state index in [-0.39, 0.29) is 6.10 Å². The Balaban J connectivity index is 1.34. The molecule has 1 aliphatic heterocycles. The van der Waals surface area contributed by atoms with E-state index in [4.69, 9.17) is 9.15 Å². The number of aromatic nitrogens is 1. The summed E-state index contributed by atoms with van der Waals surface area (Å²) in [7, 11) is 0. The molecule has 0 radical (unpaired) electrons. The van der Waals surface area contributed by atoms with Crippen LogP contribution in [-0.4, -0.2) is 29.1 Å². The summed E-state index contributed by atoms with van der Waals surface area (Å²) in [6.07, 6.45) is 4.36. The van der Waals surface area contributed by atoms with Crippen LogP contribution in [0, 0.1) is 0 Å². The molecule has 0 saturated carbocycles. The summed E-state index contributed by atoms with van der Waals surface area (Å²) in [5.74, 6) is 1.03. The zero-order valence-electron chi connectivity index (χ0n) is 13.7. The lowest BCUT2D eigenvalue weighted by atomic mass is 10.1. The molecule has 0 aliphatic carbocycles. The summed E-state index contributed by atoms with van der Waals surface area (Å²) in [6.45, 7) is 3.48. The molecule has 3 aromatic rings. The SMILES string of the molecule is c1ccc(CO[C@@H]2CCCN(Cc3cc4ccccc4o3)C2)nc1. The number of fused-ring (bicyclic) bond motifs is 1. The maximum absolute atomic E-state index is 6.06. The van der Waals surface area contributed by atoms with Gasteiger partial charge in [-0.25, -0.2) is 0 Å². The average Bonchev–Trinajstić information content (AvgIpc) is 3.03. The number of hydrogen-bond acceptors (Lipinski definition) is 4. The summed E-state index contributed by atoms with van der Waals surface area (Å²) in [4.78, 5) is 6.74. The molecule has 3 heterocycles. The fraction of sp³-hybridized carbons (Fsp3) is 0.350. The van der Waals surface area contributed by atoms with Crippen molar-refractivity contribution >= 4 is 11.0 Å². The van der Waals surface area contributed by atoms with Gasteiger partial charge in [-0.05, 0) is 43.7 Å². The number of hydrogen-bond donors (Lipinski definition) is 0. The highest BCUT2D eigenvalue weighted by molar-refractivity contribution is 5.77. The number of piperidine rings is 1. The molecule has 0 bridgehead atoms. The van der Waals surface area contributed by atoms with Gasteiger partial charge >= 0.3 is 0 Å². The molecular formula is C20H22N2O2. The van der Waals surface area contributed by atoms with Crippen molar-refractivity contribution in [3.8, 4) is 0 Å². The van der Waals surface area contributed by atoms with Gasteiger partial charge in [-0.1, -0.05) is 24.3 Å². The van der Waals surface area contributed by atoms with Crippen LogP contribution in [0.3, 0.4) is 0 Å². The first-order chi connectivity index (χ1) is 11.9. The molecule has 0 amide bonds. The van der Waals surface area contributed by atoms with E-state index in [0.717, 1.165) is 49.5 Å². The lowest BCUT2D eigenvalue weighted by Gasteiger charge is -2.31. The third kappa shape index (κ3) is 3.66. The van der Waals surface area contributed by atoms with E-state index in [1.807, 2.05) is 42.6 Å². The molecule has 1 aromatic carbocycles. The smallest absolute Gasteiger partial charge is 0.134 e. The van der Waals surface area contributed by atoms with Crippen LogP contribution in [0.15, 0.2) is 59.1 Å². The third-order valence-electron chi connectivity index (χ3n) is 4.51. The van der Waals surface area contributed by atoms with Gasteiger partial charge in [0, 0.05) is 18.1 Å². The van der Waals surface area contributed by atoms with Gasteiger partial charge in [-0.15, -0.1) is 0 Å². The van der Waals surface area contributed by atoms with Crippen LogP contribution in [0.4, 0.5) is 0 Å². The van der Waals surface area contributed by atoms with Crippen molar-refractivity contribution in [2.75, 3.05) is 13.1 Å². The molecule has 1 atom stereocenters. The van der Waals surface area contributed by atoms with Gasteiger partial charge in [0.25, 0.3) is 0 Å². The van der Waals surface area contributed by atoms with E-state index in [0.29, 0.717) is 6.61 Å². The maximum Gasteiger partial charge on any atom is 0.134 e. The lowest BCUT2D eigenvalue weighted by molar-refractivity contribution is -0.0145. The summed E-state index contributed by atoms with van der Waals surface area (Å²) in [5, 5.41) is 1.17. The molecule has 2 aromatic heterocycles. The minimum Gasteiger partial charge on any atom is -0.460 e. The lowest BCUT2D eigenvalue weighted by Crippen LogP contribution is -2.39. The number of furan rings is 1. The maximum atomic E-state index is 6.06. The Morgan fingerprint density at radius 1 is 1.17 bits per heavy atom. The van der Waals surface area contributed by atoms with Crippen LogP contribution in [0.25, 0.3) is 11.0 Å². The molecule has 24 heavy (non-hydrogen) atoms. The summed E-state index contributed by atoms with van der Waals surface area (Å²) >= 11 is 0. The summed E-state index contributed by atoms with van der Waals surface area (Å²) in [6, 6.07) is 16.3. The molecular weight excluding hydrogens is 300 g/mol. The van der Waals surface area contributed by atoms with E-state index in [2.05, 4.69) is 22.0 Å². The fourth-order valence-corrected chi connectivity index (χ4v) is 3.31. The molecule has 4 nitrogen and oxygen atoms in total. The quantitative estimate of drug-likeness (QED) is 0.711. The monoisotopic (exact) mass is 322 g/mol. The van der Waals surface area contributed by atoms with Crippen molar-refractivity contribution < 1.29 is 9.15 Å². The first-order valence-electron chi connectivity index (χ1n) is 8.58. The summed E-state index contributed by atoms with van der Waals surface area (Å²) < 4.78 is 12.0. The Hall–Kier alpha value is -2.17. The fourth-order valence-electron chi connectivity index (χ4n) is 3.31. The van der Waals surface area contributed by atoms with E-state index >= 15 is 0 Å². The standard InChI is InChI=1S/C20H22N2O2/c1-2-9-20-16(6-1)12-19(24-20)14-22-11-5-8-18(13-22)23-15-17-7-3-4-10-21-17/h1-4,6-7,9-10,12,18H,5,8,11,13-15H2/t18-/m1/s1. The number of nitrogens with zero attached hydrogens (tertiary/aromatic N) is 2. The van der Waals surface area contributed by atoms with Crippen molar-refractivity contribution in [3.05, 3.63) is 66.2 Å². The van der Waals surface area contributed by atoms with Gasteiger partial charge < -0.3 is 9.15 Å². The highest BCUT2D eigenvalue weighted by Crippen LogP contribution is 2.22. The number of likely N-dealkylation sites (tertiary alicyclic amines) is 1. The topological polar surface area (TPSA) is 38.5 Å². The molecule has 4 rings (SSSR count). The molecule has 1 saturated heterocycles. The number of pyridine rings is 1. The van der Waals surface area contributed by atoms with Gasteiger partial charge in [0.05, 0.1) is 24.9 Å².